The molecule has 0 heterocycles. The van der Waals surface area contributed by atoms with E-state index in [1.54, 1.807) is 6.08 Å². The van der Waals surface area contributed by atoms with Crippen LogP contribution in [0, 0.1) is 5.92 Å². The molecule has 1 rings (SSSR count). The predicted molar refractivity (Wildman–Crippen MR) is 56.2 cm³/mol. The number of allylic oxidation sites excluding steroid dienone is 2. The minimum absolute atomic E-state index is 0.0223. The summed E-state index contributed by atoms with van der Waals surface area (Å²) in [5, 5.41) is 0. The second-order valence-electron chi connectivity index (χ2n) is 4.89. The normalized spacial score (nSPS) is 22.6. The highest BCUT2D eigenvalue weighted by molar-refractivity contribution is 5.96. The van der Waals surface area contributed by atoms with Crippen molar-refractivity contribution in [2.45, 2.75) is 51.1 Å². The Hall–Kier alpha value is -0.800. The highest BCUT2D eigenvalue weighted by Crippen LogP contribution is 2.36. The maximum Gasteiger partial charge on any atom is 0.248 e. The van der Waals surface area contributed by atoms with Gasteiger partial charge >= 0.3 is 0 Å². The molecule has 92 valence electrons. The first-order valence-electron chi connectivity index (χ1n) is 5.50. The SMILES string of the molecule is CC(C)(F)C(=O)/C=C/C1CCC(F)(F)CC1. The van der Waals surface area contributed by atoms with Gasteiger partial charge < -0.3 is 0 Å². The molecule has 16 heavy (non-hydrogen) atoms. The van der Waals surface area contributed by atoms with E-state index in [0.29, 0.717) is 12.8 Å². The van der Waals surface area contributed by atoms with Crippen LogP contribution in [0.25, 0.3) is 0 Å². The maximum atomic E-state index is 13.1. The summed E-state index contributed by atoms with van der Waals surface area (Å²) in [7, 11) is 0. The van der Waals surface area contributed by atoms with Crippen LogP contribution in [0.1, 0.15) is 39.5 Å². The lowest BCUT2D eigenvalue weighted by atomic mass is 9.86. The van der Waals surface area contributed by atoms with Gasteiger partial charge in [-0.1, -0.05) is 6.08 Å². The lowest BCUT2D eigenvalue weighted by Gasteiger charge is -2.26. The van der Waals surface area contributed by atoms with Crippen LogP contribution < -0.4 is 0 Å². The smallest absolute Gasteiger partial charge is 0.248 e. The molecule has 1 aliphatic carbocycles. The van der Waals surface area contributed by atoms with Gasteiger partial charge in [0.25, 0.3) is 0 Å². The van der Waals surface area contributed by atoms with Crippen LogP contribution in [-0.2, 0) is 4.79 Å². The Labute approximate surface area is 93.7 Å². The van der Waals surface area contributed by atoms with Gasteiger partial charge in [-0.3, -0.25) is 4.79 Å². The zero-order valence-electron chi connectivity index (χ0n) is 9.60. The molecule has 0 amide bonds. The second-order valence-corrected chi connectivity index (χ2v) is 4.89. The molecular weight excluding hydrogens is 217 g/mol. The second kappa shape index (κ2) is 4.60. The van der Waals surface area contributed by atoms with Gasteiger partial charge in [0.05, 0.1) is 0 Å². The van der Waals surface area contributed by atoms with Gasteiger partial charge in [-0.05, 0) is 38.7 Å². The first kappa shape index (κ1) is 13.3. The van der Waals surface area contributed by atoms with Crippen molar-refractivity contribution in [1.82, 2.24) is 0 Å². The van der Waals surface area contributed by atoms with Crippen molar-refractivity contribution in [3.8, 4) is 0 Å². The van der Waals surface area contributed by atoms with E-state index in [4.69, 9.17) is 0 Å². The van der Waals surface area contributed by atoms with Crippen molar-refractivity contribution in [3.63, 3.8) is 0 Å². The van der Waals surface area contributed by atoms with Crippen LogP contribution in [0.3, 0.4) is 0 Å². The third-order valence-corrected chi connectivity index (χ3v) is 2.87. The zero-order chi connectivity index (χ0) is 12.4. The molecule has 0 bridgehead atoms. The highest BCUT2D eigenvalue weighted by atomic mass is 19.3. The topological polar surface area (TPSA) is 17.1 Å². The lowest BCUT2D eigenvalue weighted by Crippen LogP contribution is -2.25. The predicted octanol–water partition coefficient (Wildman–Crippen LogP) is 3.69. The molecule has 0 N–H and O–H groups in total. The van der Waals surface area contributed by atoms with Crippen LogP contribution >= 0.6 is 0 Å². The van der Waals surface area contributed by atoms with E-state index < -0.39 is 17.4 Å². The van der Waals surface area contributed by atoms with Crippen molar-refractivity contribution in [2.75, 3.05) is 0 Å². The average Bonchev–Trinajstić information content (AvgIpc) is 2.14. The third kappa shape index (κ3) is 3.99. The summed E-state index contributed by atoms with van der Waals surface area (Å²) in [6, 6.07) is 0. The summed E-state index contributed by atoms with van der Waals surface area (Å²) in [5.41, 5.74) is -1.88. The van der Waals surface area contributed by atoms with Crippen LogP contribution in [-0.4, -0.2) is 17.4 Å². The van der Waals surface area contributed by atoms with Crippen molar-refractivity contribution in [2.24, 2.45) is 5.92 Å². The minimum atomic E-state index is -2.56. The third-order valence-electron chi connectivity index (χ3n) is 2.87. The summed E-state index contributed by atoms with van der Waals surface area (Å²) in [6.45, 7) is 2.38. The van der Waals surface area contributed by atoms with Gasteiger partial charge in [0.15, 0.2) is 11.5 Å². The molecule has 0 radical (unpaired) electrons. The first-order valence-corrected chi connectivity index (χ1v) is 5.50. The quantitative estimate of drug-likeness (QED) is 0.681. The molecule has 0 aromatic rings. The van der Waals surface area contributed by atoms with Crippen LogP contribution in [0.4, 0.5) is 13.2 Å². The Morgan fingerprint density at radius 2 is 1.81 bits per heavy atom. The molecule has 0 aromatic heterocycles. The molecule has 0 spiro atoms. The molecule has 0 unspecified atom stereocenters. The van der Waals surface area contributed by atoms with E-state index in [2.05, 4.69) is 0 Å². The van der Waals surface area contributed by atoms with Crippen LogP contribution in [0.5, 0.6) is 0 Å². The molecule has 0 aliphatic heterocycles. The summed E-state index contributed by atoms with van der Waals surface area (Å²) < 4.78 is 38.8. The Balaban J connectivity index is 2.45. The highest BCUT2D eigenvalue weighted by Gasteiger charge is 2.34. The first-order chi connectivity index (χ1) is 7.21. The molecular formula is C12H17F3O. The monoisotopic (exact) mass is 234 g/mol. The Kier molecular flexibility index (Phi) is 3.81. The molecule has 1 fully saturated rings. The molecule has 1 nitrogen and oxygen atoms in total. The van der Waals surface area contributed by atoms with E-state index in [0.717, 1.165) is 0 Å². The fraction of sp³-hybridized carbons (Fsp3) is 0.750. The van der Waals surface area contributed by atoms with E-state index in [1.807, 2.05) is 0 Å². The van der Waals surface area contributed by atoms with Gasteiger partial charge in [-0.2, -0.15) is 0 Å². The number of rotatable bonds is 3. The Morgan fingerprint density at radius 3 is 2.25 bits per heavy atom. The molecule has 0 saturated heterocycles. The molecule has 0 atom stereocenters. The average molecular weight is 234 g/mol. The van der Waals surface area contributed by atoms with Crippen molar-refractivity contribution >= 4 is 5.78 Å². The van der Waals surface area contributed by atoms with Crippen molar-refractivity contribution < 1.29 is 18.0 Å². The number of hydrogen-bond donors (Lipinski definition) is 0. The number of carbonyl (C=O) groups is 1. The number of halogens is 3. The van der Waals surface area contributed by atoms with Gasteiger partial charge in [0.2, 0.25) is 5.92 Å². The summed E-state index contributed by atoms with van der Waals surface area (Å²) >= 11 is 0. The maximum absolute atomic E-state index is 13.1. The Bertz CT molecular complexity index is 279. The summed E-state index contributed by atoms with van der Waals surface area (Å²) in [5.74, 6) is -3.19. The van der Waals surface area contributed by atoms with Gasteiger partial charge in [-0.15, -0.1) is 0 Å². The number of ketones is 1. The van der Waals surface area contributed by atoms with Gasteiger partial charge in [0, 0.05) is 12.8 Å². The van der Waals surface area contributed by atoms with E-state index in [9.17, 15) is 18.0 Å². The number of hydrogen-bond acceptors (Lipinski definition) is 1. The van der Waals surface area contributed by atoms with E-state index >= 15 is 0 Å². The fourth-order valence-electron chi connectivity index (χ4n) is 1.68. The molecule has 0 aromatic carbocycles. The van der Waals surface area contributed by atoms with Crippen LogP contribution in [0.2, 0.25) is 0 Å². The Morgan fingerprint density at radius 1 is 1.31 bits per heavy atom. The largest absolute Gasteiger partial charge is 0.291 e. The minimum Gasteiger partial charge on any atom is -0.291 e. The summed E-state index contributed by atoms with van der Waals surface area (Å²) in [4.78, 5) is 11.2. The molecule has 4 heteroatoms. The molecule has 1 saturated carbocycles. The van der Waals surface area contributed by atoms with Crippen molar-refractivity contribution in [3.05, 3.63) is 12.2 Å². The fourth-order valence-corrected chi connectivity index (χ4v) is 1.68. The summed E-state index contributed by atoms with van der Waals surface area (Å²) in [6.07, 6.45) is 3.20. The number of alkyl halides is 3. The van der Waals surface area contributed by atoms with E-state index in [1.165, 1.54) is 19.9 Å². The van der Waals surface area contributed by atoms with Gasteiger partial charge in [0.1, 0.15) is 0 Å². The van der Waals surface area contributed by atoms with Crippen LogP contribution in [0.15, 0.2) is 12.2 Å². The standard InChI is InChI=1S/C12H17F3O/c1-11(2,13)10(16)4-3-9-5-7-12(14,15)8-6-9/h3-4,9H,5-8H2,1-2H3/b4-3+. The van der Waals surface area contributed by atoms with Crippen molar-refractivity contribution in [1.29, 1.82) is 0 Å². The lowest BCUT2D eigenvalue weighted by molar-refractivity contribution is -0.123. The number of carbonyl (C=O) groups excluding carboxylic acids is 1. The van der Waals surface area contributed by atoms with E-state index in [-0.39, 0.29) is 18.8 Å². The van der Waals surface area contributed by atoms with Gasteiger partial charge in [-0.25, -0.2) is 13.2 Å². The molecule has 1 aliphatic rings. The zero-order valence-corrected chi connectivity index (χ0v) is 9.60.